The predicted molar refractivity (Wildman–Crippen MR) is 95.8 cm³/mol. The van der Waals surface area contributed by atoms with Crippen LogP contribution in [0.25, 0.3) is 0 Å². The fraction of sp³-hybridized carbons (Fsp3) is 0.211. The van der Waals surface area contributed by atoms with Crippen molar-refractivity contribution >= 4 is 29.5 Å². The fourth-order valence-electron chi connectivity index (χ4n) is 2.89. The lowest BCUT2D eigenvalue weighted by molar-refractivity contribution is -0.385. The molecule has 1 aliphatic heterocycles. The lowest BCUT2D eigenvalue weighted by Crippen LogP contribution is -2.27. The summed E-state index contributed by atoms with van der Waals surface area (Å²) in [7, 11) is 0. The second kappa shape index (κ2) is 7.36. The number of nitro benzene ring substituents is 1. The van der Waals surface area contributed by atoms with Gasteiger partial charge in [-0.3, -0.25) is 24.5 Å². The molecule has 0 aliphatic carbocycles. The van der Waals surface area contributed by atoms with Crippen molar-refractivity contribution in [1.82, 2.24) is 0 Å². The van der Waals surface area contributed by atoms with Crippen LogP contribution in [0.2, 0.25) is 0 Å². The van der Waals surface area contributed by atoms with Crippen LogP contribution < -0.4 is 9.64 Å². The zero-order chi connectivity index (χ0) is 19.6. The molecular formula is C19H16N2O6. The van der Waals surface area contributed by atoms with E-state index < -0.39 is 16.8 Å². The van der Waals surface area contributed by atoms with Crippen LogP contribution in [-0.4, -0.2) is 29.6 Å². The smallest absolute Gasteiger partial charge is 0.316 e. The molecule has 1 heterocycles. The quantitative estimate of drug-likeness (QED) is 0.264. The summed E-state index contributed by atoms with van der Waals surface area (Å²) < 4.78 is 5.27. The van der Waals surface area contributed by atoms with Crippen LogP contribution in [0.1, 0.15) is 22.3 Å². The third-order valence-corrected chi connectivity index (χ3v) is 4.39. The van der Waals surface area contributed by atoms with E-state index in [-0.39, 0.29) is 30.3 Å². The van der Waals surface area contributed by atoms with Gasteiger partial charge in [0.05, 0.1) is 16.5 Å². The Balaban J connectivity index is 1.72. The Hall–Kier alpha value is -3.55. The summed E-state index contributed by atoms with van der Waals surface area (Å²) >= 11 is 0. The van der Waals surface area contributed by atoms with Gasteiger partial charge in [0, 0.05) is 30.2 Å². The zero-order valence-corrected chi connectivity index (χ0v) is 14.5. The number of hydrogen-bond donors (Lipinski definition) is 0. The summed E-state index contributed by atoms with van der Waals surface area (Å²) in [5.74, 6) is -1.26. The molecule has 0 radical (unpaired) electrons. The van der Waals surface area contributed by atoms with Gasteiger partial charge in [-0.05, 0) is 37.3 Å². The summed E-state index contributed by atoms with van der Waals surface area (Å²) in [4.78, 5) is 47.2. The summed E-state index contributed by atoms with van der Waals surface area (Å²) in [6, 6.07) is 10.6. The van der Waals surface area contributed by atoms with E-state index in [0.29, 0.717) is 23.1 Å². The zero-order valence-electron chi connectivity index (χ0n) is 14.5. The standard InChI is InChI=1S/C19H16N2O6/c1-12-2-5-15(9-17(12)21(25)26)20-10-14(8-18(20)23)19(24)27-16-6-3-13(11-22)4-7-16/h2-7,9,11,14H,8,10H2,1H3/t14-/m0/s1. The van der Waals surface area contributed by atoms with E-state index >= 15 is 0 Å². The van der Waals surface area contributed by atoms with E-state index in [9.17, 15) is 24.5 Å². The molecule has 3 rings (SSSR count). The van der Waals surface area contributed by atoms with E-state index in [1.165, 1.54) is 35.2 Å². The molecule has 1 amide bonds. The van der Waals surface area contributed by atoms with Crippen LogP contribution in [-0.2, 0) is 9.59 Å². The topological polar surface area (TPSA) is 107 Å². The molecule has 1 fully saturated rings. The van der Waals surface area contributed by atoms with Crippen molar-refractivity contribution in [2.45, 2.75) is 13.3 Å². The highest BCUT2D eigenvalue weighted by molar-refractivity contribution is 6.00. The minimum absolute atomic E-state index is 0.0348. The highest BCUT2D eigenvalue weighted by Gasteiger charge is 2.37. The molecule has 1 saturated heterocycles. The Morgan fingerprint density at radius 2 is 1.96 bits per heavy atom. The van der Waals surface area contributed by atoms with Crippen molar-refractivity contribution in [3.63, 3.8) is 0 Å². The average Bonchev–Trinajstić information content (AvgIpc) is 3.04. The van der Waals surface area contributed by atoms with Crippen LogP contribution in [0, 0.1) is 23.0 Å². The van der Waals surface area contributed by atoms with Crippen molar-refractivity contribution in [3.8, 4) is 5.75 Å². The number of nitrogens with zero attached hydrogens (tertiary/aromatic N) is 2. The Kier molecular flexibility index (Phi) is 4.98. The molecule has 1 atom stereocenters. The number of esters is 1. The second-order valence-corrected chi connectivity index (χ2v) is 6.24. The molecule has 0 spiro atoms. The first-order valence-corrected chi connectivity index (χ1v) is 8.21. The summed E-state index contributed by atoms with van der Waals surface area (Å²) in [6.45, 7) is 1.70. The van der Waals surface area contributed by atoms with E-state index in [4.69, 9.17) is 4.74 Å². The van der Waals surface area contributed by atoms with Crippen LogP contribution >= 0.6 is 0 Å². The number of amides is 1. The van der Waals surface area contributed by atoms with Gasteiger partial charge in [-0.15, -0.1) is 0 Å². The van der Waals surface area contributed by atoms with Crippen LogP contribution in [0.4, 0.5) is 11.4 Å². The Labute approximate surface area is 154 Å². The first-order chi connectivity index (χ1) is 12.9. The maximum absolute atomic E-state index is 12.3. The normalized spacial score (nSPS) is 16.3. The van der Waals surface area contributed by atoms with E-state index in [1.807, 2.05) is 0 Å². The number of carbonyl (C=O) groups excluding carboxylic acids is 3. The second-order valence-electron chi connectivity index (χ2n) is 6.24. The lowest BCUT2D eigenvalue weighted by Gasteiger charge is -2.16. The van der Waals surface area contributed by atoms with Gasteiger partial charge < -0.3 is 9.64 Å². The van der Waals surface area contributed by atoms with Crippen molar-refractivity contribution in [2.24, 2.45) is 5.92 Å². The summed E-state index contributed by atoms with van der Waals surface area (Å²) in [5.41, 5.74) is 1.24. The van der Waals surface area contributed by atoms with Gasteiger partial charge in [0.1, 0.15) is 12.0 Å². The molecule has 2 aromatic carbocycles. The number of rotatable bonds is 5. The molecule has 2 aromatic rings. The van der Waals surface area contributed by atoms with Crippen molar-refractivity contribution in [2.75, 3.05) is 11.4 Å². The monoisotopic (exact) mass is 368 g/mol. The van der Waals surface area contributed by atoms with Gasteiger partial charge in [0.25, 0.3) is 5.69 Å². The van der Waals surface area contributed by atoms with Crippen LogP contribution in [0.15, 0.2) is 42.5 Å². The van der Waals surface area contributed by atoms with E-state index in [0.717, 1.165) is 0 Å². The van der Waals surface area contributed by atoms with Gasteiger partial charge >= 0.3 is 5.97 Å². The van der Waals surface area contributed by atoms with Crippen LogP contribution in [0.5, 0.6) is 5.75 Å². The molecule has 138 valence electrons. The van der Waals surface area contributed by atoms with Crippen molar-refractivity contribution in [3.05, 3.63) is 63.7 Å². The third kappa shape index (κ3) is 3.84. The highest BCUT2D eigenvalue weighted by atomic mass is 16.6. The molecular weight excluding hydrogens is 352 g/mol. The van der Waals surface area contributed by atoms with Gasteiger partial charge in [0.2, 0.25) is 5.91 Å². The molecule has 27 heavy (non-hydrogen) atoms. The number of hydrogen-bond acceptors (Lipinski definition) is 6. The molecule has 1 aliphatic rings. The molecule has 0 aromatic heterocycles. The largest absolute Gasteiger partial charge is 0.426 e. The minimum Gasteiger partial charge on any atom is -0.426 e. The number of ether oxygens (including phenoxy) is 1. The number of carbonyl (C=O) groups is 3. The number of aryl methyl sites for hydroxylation is 1. The Morgan fingerprint density at radius 1 is 1.26 bits per heavy atom. The number of nitro groups is 1. The van der Waals surface area contributed by atoms with E-state index in [1.54, 1.807) is 19.1 Å². The maximum atomic E-state index is 12.3. The van der Waals surface area contributed by atoms with Gasteiger partial charge in [-0.1, -0.05) is 6.07 Å². The van der Waals surface area contributed by atoms with Gasteiger partial charge in [0.15, 0.2) is 0 Å². The Morgan fingerprint density at radius 3 is 2.59 bits per heavy atom. The van der Waals surface area contributed by atoms with Gasteiger partial charge in [-0.2, -0.15) is 0 Å². The predicted octanol–water partition coefficient (Wildman–Crippen LogP) is 2.67. The first kappa shape index (κ1) is 18.2. The SMILES string of the molecule is Cc1ccc(N2C[C@@H](C(=O)Oc3ccc(C=O)cc3)CC2=O)cc1[N+](=O)[O-]. The summed E-state index contributed by atoms with van der Waals surface area (Å²) in [6.07, 6.45) is 0.646. The average molecular weight is 368 g/mol. The first-order valence-electron chi connectivity index (χ1n) is 8.21. The van der Waals surface area contributed by atoms with Crippen LogP contribution in [0.3, 0.4) is 0 Å². The minimum atomic E-state index is -0.677. The number of benzene rings is 2. The molecule has 0 N–H and O–H groups in total. The number of anilines is 1. The third-order valence-electron chi connectivity index (χ3n) is 4.39. The van der Waals surface area contributed by atoms with Crippen molar-refractivity contribution in [1.29, 1.82) is 0 Å². The molecule has 0 unspecified atom stereocenters. The Bertz CT molecular complexity index is 922. The number of aldehydes is 1. The lowest BCUT2D eigenvalue weighted by atomic mass is 10.1. The van der Waals surface area contributed by atoms with Crippen molar-refractivity contribution < 1.29 is 24.0 Å². The molecule has 0 saturated carbocycles. The molecule has 8 heteroatoms. The molecule has 8 nitrogen and oxygen atoms in total. The van der Waals surface area contributed by atoms with E-state index in [2.05, 4.69) is 0 Å². The molecule has 0 bridgehead atoms. The maximum Gasteiger partial charge on any atom is 0.316 e. The summed E-state index contributed by atoms with van der Waals surface area (Å²) in [5, 5.41) is 11.1. The fourth-order valence-corrected chi connectivity index (χ4v) is 2.89. The highest BCUT2D eigenvalue weighted by Crippen LogP contribution is 2.30. The van der Waals surface area contributed by atoms with Gasteiger partial charge in [-0.25, -0.2) is 0 Å².